The van der Waals surface area contributed by atoms with Crippen LogP contribution in [0.1, 0.15) is 45.4 Å². The summed E-state index contributed by atoms with van der Waals surface area (Å²) in [6, 6.07) is 0. The maximum atomic E-state index is 12.7. The smallest absolute Gasteiger partial charge is 0.428 e. The minimum absolute atomic E-state index is 0.0534. The summed E-state index contributed by atoms with van der Waals surface area (Å²) in [5.74, 6) is -0.739. The van der Waals surface area contributed by atoms with Crippen molar-refractivity contribution in [2.45, 2.75) is 57.2 Å². The Kier molecular flexibility index (Phi) is 3.62. The topological polar surface area (TPSA) is 26.3 Å². The number of carbonyl (C=O) groups excluding carboxylic acids is 1. The van der Waals surface area contributed by atoms with Crippen LogP contribution in [0.4, 0.5) is 13.2 Å². The Morgan fingerprint density at radius 1 is 1.33 bits per heavy atom. The van der Waals surface area contributed by atoms with Gasteiger partial charge in [-0.3, -0.25) is 4.79 Å². The first kappa shape index (κ1) is 12.3. The van der Waals surface area contributed by atoms with Crippen molar-refractivity contribution < 1.29 is 22.7 Å². The molecule has 0 atom stereocenters. The molecule has 1 aliphatic rings. The highest BCUT2D eigenvalue weighted by Crippen LogP contribution is 2.45. The zero-order chi connectivity index (χ0) is 11.5. The predicted octanol–water partition coefficient (Wildman–Crippen LogP) is 3.20. The highest BCUT2D eigenvalue weighted by Gasteiger charge is 2.59. The van der Waals surface area contributed by atoms with Crippen LogP contribution < -0.4 is 0 Å². The van der Waals surface area contributed by atoms with Crippen molar-refractivity contribution >= 4 is 5.97 Å². The first-order valence-corrected chi connectivity index (χ1v) is 5.20. The van der Waals surface area contributed by atoms with Crippen molar-refractivity contribution in [1.29, 1.82) is 0 Å². The zero-order valence-corrected chi connectivity index (χ0v) is 8.69. The van der Waals surface area contributed by atoms with Gasteiger partial charge in [-0.15, -0.1) is 0 Å². The molecular formula is C10H15F3O2. The number of alkyl halides is 3. The highest BCUT2D eigenvalue weighted by atomic mass is 19.4. The summed E-state index contributed by atoms with van der Waals surface area (Å²) in [6.45, 7) is 1.73. The first-order chi connectivity index (χ1) is 6.91. The van der Waals surface area contributed by atoms with Gasteiger partial charge in [0.15, 0.2) is 0 Å². The summed E-state index contributed by atoms with van der Waals surface area (Å²) in [6.07, 6.45) is -3.12. The van der Waals surface area contributed by atoms with Crippen molar-refractivity contribution in [3.63, 3.8) is 0 Å². The maximum absolute atomic E-state index is 12.7. The summed E-state index contributed by atoms with van der Waals surface area (Å²) < 4.78 is 42.9. The van der Waals surface area contributed by atoms with Crippen molar-refractivity contribution in [1.82, 2.24) is 0 Å². The van der Waals surface area contributed by atoms with E-state index in [1.165, 1.54) is 0 Å². The van der Waals surface area contributed by atoms with Crippen LogP contribution in [0.25, 0.3) is 0 Å². The van der Waals surface area contributed by atoms with Crippen LogP contribution in [0, 0.1) is 0 Å². The average Bonchev–Trinajstić information content (AvgIpc) is 2.53. The van der Waals surface area contributed by atoms with E-state index in [0.717, 1.165) is 0 Å². The number of hydrogen-bond donors (Lipinski definition) is 0. The standard InChI is InChI=1S/C10H15F3O2/c1-2-5-8(14)15-9(10(11,12)13)6-3-4-7-9/h2-7H2,1H3. The van der Waals surface area contributed by atoms with Crippen molar-refractivity contribution in [2.24, 2.45) is 0 Å². The Balaban J connectivity index is 2.70. The largest absolute Gasteiger partial charge is 0.449 e. The summed E-state index contributed by atoms with van der Waals surface area (Å²) >= 11 is 0. The third-order valence-electron chi connectivity index (χ3n) is 2.69. The monoisotopic (exact) mass is 224 g/mol. The number of rotatable bonds is 3. The molecule has 88 valence electrons. The number of ether oxygens (including phenoxy) is 1. The van der Waals surface area contributed by atoms with E-state index in [0.29, 0.717) is 19.3 Å². The Morgan fingerprint density at radius 3 is 2.27 bits per heavy atom. The minimum Gasteiger partial charge on any atom is -0.449 e. The summed E-state index contributed by atoms with van der Waals surface area (Å²) in [5.41, 5.74) is -2.20. The molecule has 0 aliphatic heterocycles. The van der Waals surface area contributed by atoms with Gasteiger partial charge in [0, 0.05) is 6.42 Å². The molecule has 1 fully saturated rings. The van der Waals surface area contributed by atoms with E-state index in [-0.39, 0.29) is 19.3 Å². The number of esters is 1. The van der Waals surface area contributed by atoms with Gasteiger partial charge in [0.05, 0.1) is 0 Å². The lowest BCUT2D eigenvalue weighted by atomic mass is 10.0. The van der Waals surface area contributed by atoms with E-state index >= 15 is 0 Å². The lowest BCUT2D eigenvalue weighted by molar-refractivity contribution is -0.267. The second-order valence-corrected chi connectivity index (χ2v) is 3.92. The van der Waals surface area contributed by atoms with Crippen LogP contribution in [0.15, 0.2) is 0 Å². The second-order valence-electron chi connectivity index (χ2n) is 3.92. The second kappa shape index (κ2) is 4.41. The van der Waals surface area contributed by atoms with Crippen LogP contribution in [0.5, 0.6) is 0 Å². The van der Waals surface area contributed by atoms with E-state index in [4.69, 9.17) is 0 Å². The van der Waals surface area contributed by atoms with Gasteiger partial charge < -0.3 is 4.74 Å². The fourth-order valence-corrected chi connectivity index (χ4v) is 1.86. The van der Waals surface area contributed by atoms with Crippen molar-refractivity contribution in [3.8, 4) is 0 Å². The summed E-state index contributed by atoms with van der Waals surface area (Å²) in [5, 5.41) is 0. The molecule has 0 saturated heterocycles. The van der Waals surface area contributed by atoms with Gasteiger partial charge in [-0.05, 0) is 32.1 Å². The average molecular weight is 224 g/mol. The lowest BCUT2D eigenvalue weighted by Gasteiger charge is -2.31. The Bertz CT molecular complexity index is 229. The van der Waals surface area contributed by atoms with Gasteiger partial charge in [-0.1, -0.05) is 6.92 Å². The lowest BCUT2D eigenvalue weighted by Crippen LogP contribution is -2.46. The molecule has 0 N–H and O–H groups in total. The fourth-order valence-electron chi connectivity index (χ4n) is 1.86. The zero-order valence-electron chi connectivity index (χ0n) is 8.69. The highest BCUT2D eigenvalue weighted by molar-refractivity contribution is 5.70. The van der Waals surface area contributed by atoms with Crippen LogP contribution in [-0.2, 0) is 9.53 Å². The van der Waals surface area contributed by atoms with E-state index in [1.807, 2.05) is 0 Å². The van der Waals surface area contributed by atoms with Gasteiger partial charge in [-0.25, -0.2) is 0 Å². The van der Waals surface area contributed by atoms with E-state index < -0.39 is 17.7 Å². The van der Waals surface area contributed by atoms with Crippen LogP contribution in [-0.4, -0.2) is 17.7 Å². The molecule has 5 heteroatoms. The molecular weight excluding hydrogens is 209 g/mol. The molecule has 1 rings (SSSR count). The molecule has 0 aromatic heterocycles. The summed E-state index contributed by atoms with van der Waals surface area (Å²) in [4.78, 5) is 11.1. The molecule has 0 aromatic carbocycles. The van der Waals surface area contributed by atoms with Crippen LogP contribution in [0.3, 0.4) is 0 Å². The molecule has 0 bridgehead atoms. The molecule has 0 aromatic rings. The molecule has 2 nitrogen and oxygen atoms in total. The van der Waals surface area contributed by atoms with Crippen LogP contribution >= 0.6 is 0 Å². The Hall–Kier alpha value is -0.740. The Morgan fingerprint density at radius 2 is 1.87 bits per heavy atom. The molecule has 1 aliphatic carbocycles. The molecule has 0 radical (unpaired) electrons. The first-order valence-electron chi connectivity index (χ1n) is 5.20. The molecule has 1 saturated carbocycles. The quantitative estimate of drug-likeness (QED) is 0.688. The predicted molar refractivity (Wildman–Crippen MR) is 48.3 cm³/mol. The van der Waals surface area contributed by atoms with Crippen molar-refractivity contribution in [3.05, 3.63) is 0 Å². The molecule has 15 heavy (non-hydrogen) atoms. The molecule has 0 heterocycles. The normalized spacial score (nSPS) is 20.3. The van der Waals surface area contributed by atoms with Gasteiger partial charge >= 0.3 is 12.1 Å². The third-order valence-corrected chi connectivity index (χ3v) is 2.69. The third kappa shape index (κ3) is 2.63. The number of hydrogen-bond acceptors (Lipinski definition) is 2. The van der Waals surface area contributed by atoms with E-state index in [1.54, 1.807) is 6.92 Å². The number of halogens is 3. The van der Waals surface area contributed by atoms with Crippen molar-refractivity contribution in [2.75, 3.05) is 0 Å². The van der Waals surface area contributed by atoms with Crippen LogP contribution in [0.2, 0.25) is 0 Å². The van der Waals surface area contributed by atoms with Gasteiger partial charge in [0.25, 0.3) is 0 Å². The Labute approximate surface area is 86.8 Å². The van der Waals surface area contributed by atoms with Gasteiger partial charge in [0.2, 0.25) is 5.60 Å². The van der Waals surface area contributed by atoms with Gasteiger partial charge in [0.1, 0.15) is 0 Å². The van der Waals surface area contributed by atoms with E-state index in [9.17, 15) is 18.0 Å². The van der Waals surface area contributed by atoms with E-state index in [2.05, 4.69) is 4.74 Å². The molecule has 0 spiro atoms. The minimum atomic E-state index is -4.44. The molecule has 0 amide bonds. The maximum Gasteiger partial charge on any atom is 0.428 e. The number of carbonyl (C=O) groups is 1. The van der Waals surface area contributed by atoms with Gasteiger partial charge in [-0.2, -0.15) is 13.2 Å². The SMILES string of the molecule is CCCC(=O)OC1(C(F)(F)F)CCCC1. The molecule has 0 unspecified atom stereocenters. The summed E-state index contributed by atoms with van der Waals surface area (Å²) in [7, 11) is 0. The fraction of sp³-hybridized carbons (Fsp3) is 0.900.